The summed E-state index contributed by atoms with van der Waals surface area (Å²) in [7, 11) is -1.74. The van der Waals surface area contributed by atoms with Crippen LogP contribution in [0.4, 0.5) is 0 Å². The lowest BCUT2D eigenvalue weighted by atomic mass is 10.2. The molecule has 7 heteroatoms. The lowest BCUT2D eigenvalue weighted by molar-refractivity contribution is 0.278. The Bertz CT molecular complexity index is 643. The number of rotatable bonds is 5. The first-order chi connectivity index (χ1) is 10.9. The molecule has 0 amide bonds. The van der Waals surface area contributed by atoms with Crippen molar-refractivity contribution in [2.45, 2.75) is 45.2 Å². The SMILES string of the molecule is CCN1CC[C@@H](N(C)S(=O)(=O)N2CCC[C@H]2c2ccc(C)o2)C1. The molecule has 0 aliphatic carbocycles. The summed E-state index contributed by atoms with van der Waals surface area (Å²) in [5.74, 6) is 1.59. The third-order valence-corrected chi connectivity index (χ3v) is 7.22. The van der Waals surface area contributed by atoms with Gasteiger partial charge in [-0.1, -0.05) is 6.92 Å². The lowest BCUT2D eigenvalue weighted by Gasteiger charge is -2.31. The predicted molar refractivity (Wildman–Crippen MR) is 89.3 cm³/mol. The molecular formula is C16H27N3O3S. The van der Waals surface area contributed by atoms with Crippen LogP contribution < -0.4 is 0 Å². The van der Waals surface area contributed by atoms with Crippen molar-refractivity contribution in [3.8, 4) is 0 Å². The van der Waals surface area contributed by atoms with Crippen LogP contribution in [-0.2, 0) is 10.2 Å². The molecule has 2 aliphatic heterocycles. The number of likely N-dealkylation sites (tertiary alicyclic amines) is 1. The summed E-state index contributed by atoms with van der Waals surface area (Å²) in [5, 5.41) is 0. The number of nitrogens with zero attached hydrogens (tertiary/aromatic N) is 3. The highest BCUT2D eigenvalue weighted by Gasteiger charge is 2.42. The molecule has 6 nitrogen and oxygen atoms in total. The van der Waals surface area contributed by atoms with E-state index >= 15 is 0 Å². The number of furan rings is 1. The van der Waals surface area contributed by atoms with Crippen LogP contribution in [0.15, 0.2) is 16.5 Å². The minimum Gasteiger partial charge on any atom is -0.465 e. The maximum absolute atomic E-state index is 13.1. The Morgan fingerprint density at radius 2 is 2.09 bits per heavy atom. The van der Waals surface area contributed by atoms with Crippen LogP contribution in [0.5, 0.6) is 0 Å². The van der Waals surface area contributed by atoms with E-state index in [-0.39, 0.29) is 12.1 Å². The van der Waals surface area contributed by atoms with Gasteiger partial charge in [-0.05, 0) is 51.4 Å². The first kappa shape index (κ1) is 17.0. The summed E-state index contributed by atoms with van der Waals surface area (Å²) in [6.07, 6.45) is 2.61. The highest BCUT2D eigenvalue weighted by atomic mass is 32.2. The summed E-state index contributed by atoms with van der Waals surface area (Å²) in [4.78, 5) is 2.30. The van der Waals surface area contributed by atoms with Gasteiger partial charge in [0.1, 0.15) is 11.5 Å². The maximum Gasteiger partial charge on any atom is 0.282 e. The Balaban J connectivity index is 1.78. The highest BCUT2D eigenvalue weighted by molar-refractivity contribution is 7.86. The molecule has 1 aromatic rings. The van der Waals surface area contributed by atoms with E-state index in [1.54, 1.807) is 15.7 Å². The third-order valence-electron chi connectivity index (χ3n) is 5.16. The summed E-state index contributed by atoms with van der Waals surface area (Å²) in [5.41, 5.74) is 0. The zero-order chi connectivity index (χ0) is 16.6. The van der Waals surface area contributed by atoms with Gasteiger partial charge in [-0.25, -0.2) is 0 Å². The van der Waals surface area contributed by atoms with Gasteiger partial charge in [0.2, 0.25) is 0 Å². The summed E-state index contributed by atoms with van der Waals surface area (Å²) >= 11 is 0. The van der Waals surface area contributed by atoms with Crippen molar-refractivity contribution in [3.63, 3.8) is 0 Å². The van der Waals surface area contributed by atoms with Crippen molar-refractivity contribution in [2.24, 2.45) is 0 Å². The van der Waals surface area contributed by atoms with Gasteiger partial charge in [0.15, 0.2) is 0 Å². The van der Waals surface area contributed by atoms with E-state index in [0.717, 1.165) is 50.4 Å². The van der Waals surface area contributed by atoms with Crippen molar-refractivity contribution < 1.29 is 12.8 Å². The van der Waals surface area contributed by atoms with Crippen molar-refractivity contribution in [1.29, 1.82) is 0 Å². The second kappa shape index (κ2) is 6.55. The first-order valence-corrected chi connectivity index (χ1v) is 9.86. The second-order valence-corrected chi connectivity index (χ2v) is 8.52. The molecule has 130 valence electrons. The Morgan fingerprint density at radius 3 is 2.70 bits per heavy atom. The van der Waals surface area contributed by atoms with Crippen LogP contribution in [0.1, 0.15) is 43.7 Å². The van der Waals surface area contributed by atoms with E-state index in [0.29, 0.717) is 6.54 Å². The van der Waals surface area contributed by atoms with Gasteiger partial charge in [-0.15, -0.1) is 0 Å². The van der Waals surface area contributed by atoms with Gasteiger partial charge >= 0.3 is 0 Å². The molecule has 0 bridgehead atoms. The van der Waals surface area contributed by atoms with E-state index in [1.807, 2.05) is 19.1 Å². The summed E-state index contributed by atoms with van der Waals surface area (Å²) in [6.45, 7) is 7.35. The zero-order valence-corrected chi connectivity index (χ0v) is 15.1. The highest BCUT2D eigenvalue weighted by Crippen LogP contribution is 2.36. The Kier molecular flexibility index (Phi) is 4.83. The third kappa shape index (κ3) is 3.20. The van der Waals surface area contributed by atoms with Crippen molar-refractivity contribution in [2.75, 3.05) is 33.2 Å². The maximum atomic E-state index is 13.1. The van der Waals surface area contributed by atoms with Gasteiger partial charge in [-0.2, -0.15) is 17.0 Å². The first-order valence-electron chi connectivity index (χ1n) is 8.47. The molecule has 3 heterocycles. The van der Waals surface area contributed by atoms with E-state index in [1.165, 1.54) is 0 Å². The van der Waals surface area contributed by atoms with Gasteiger partial charge in [0.05, 0.1) is 6.04 Å². The largest absolute Gasteiger partial charge is 0.465 e. The van der Waals surface area contributed by atoms with Crippen molar-refractivity contribution in [3.05, 3.63) is 23.7 Å². The number of hydrogen-bond acceptors (Lipinski definition) is 4. The van der Waals surface area contributed by atoms with Gasteiger partial charge in [0, 0.05) is 26.2 Å². The van der Waals surface area contributed by atoms with Crippen LogP contribution in [0.2, 0.25) is 0 Å². The molecule has 0 aromatic carbocycles. The molecule has 0 saturated carbocycles. The monoisotopic (exact) mass is 341 g/mol. The normalized spacial score (nSPS) is 27.3. The smallest absolute Gasteiger partial charge is 0.282 e. The molecule has 3 rings (SSSR count). The molecule has 0 unspecified atom stereocenters. The molecule has 0 spiro atoms. The quantitative estimate of drug-likeness (QED) is 0.822. The molecule has 2 saturated heterocycles. The zero-order valence-electron chi connectivity index (χ0n) is 14.2. The molecule has 0 radical (unpaired) electrons. The fourth-order valence-electron chi connectivity index (χ4n) is 3.68. The minimum atomic E-state index is -3.46. The molecule has 2 fully saturated rings. The Hall–Kier alpha value is -0.890. The van der Waals surface area contributed by atoms with Crippen molar-refractivity contribution in [1.82, 2.24) is 13.5 Å². The van der Waals surface area contributed by atoms with E-state index in [4.69, 9.17) is 4.42 Å². The average molecular weight is 341 g/mol. The molecule has 23 heavy (non-hydrogen) atoms. The van der Waals surface area contributed by atoms with E-state index in [9.17, 15) is 8.42 Å². The topological polar surface area (TPSA) is 57.0 Å². The minimum absolute atomic E-state index is 0.0690. The number of likely N-dealkylation sites (N-methyl/N-ethyl adjacent to an activating group) is 2. The van der Waals surface area contributed by atoms with Crippen LogP contribution in [0.25, 0.3) is 0 Å². The van der Waals surface area contributed by atoms with Crippen molar-refractivity contribution >= 4 is 10.2 Å². The summed E-state index contributed by atoms with van der Waals surface area (Å²) in [6, 6.07) is 3.71. The second-order valence-electron chi connectivity index (χ2n) is 6.58. The van der Waals surface area contributed by atoms with Crippen LogP contribution in [0, 0.1) is 6.92 Å². The standard InChI is InChI=1S/C16H27N3O3S/c1-4-18-11-9-14(12-18)17(3)23(20,21)19-10-5-6-15(19)16-8-7-13(2)22-16/h7-8,14-15H,4-6,9-12H2,1-3H3/t14-,15+/m1/s1. The molecule has 0 N–H and O–H groups in total. The molecular weight excluding hydrogens is 314 g/mol. The molecule has 2 aliphatic rings. The lowest BCUT2D eigenvalue weighted by Crippen LogP contribution is -2.47. The van der Waals surface area contributed by atoms with Crippen LogP contribution in [0.3, 0.4) is 0 Å². The van der Waals surface area contributed by atoms with Gasteiger partial charge < -0.3 is 9.32 Å². The average Bonchev–Trinajstić information content (AvgIpc) is 3.25. The van der Waals surface area contributed by atoms with E-state index in [2.05, 4.69) is 11.8 Å². The van der Waals surface area contributed by atoms with Crippen LogP contribution >= 0.6 is 0 Å². The van der Waals surface area contributed by atoms with Crippen LogP contribution in [-0.4, -0.2) is 61.2 Å². The Morgan fingerprint density at radius 1 is 1.30 bits per heavy atom. The Labute approximate surface area is 139 Å². The van der Waals surface area contributed by atoms with Gasteiger partial charge in [-0.3, -0.25) is 0 Å². The predicted octanol–water partition coefficient (Wildman–Crippen LogP) is 2.00. The molecule has 1 aromatic heterocycles. The summed E-state index contributed by atoms with van der Waals surface area (Å²) < 4.78 is 35.1. The molecule has 2 atom stereocenters. The fraction of sp³-hybridized carbons (Fsp3) is 0.750. The fourth-order valence-corrected chi connectivity index (χ4v) is 5.45. The number of aryl methyl sites for hydroxylation is 1. The number of hydrogen-bond donors (Lipinski definition) is 0. The van der Waals surface area contributed by atoms with Gasteiger partial charge in [0.25, 0.3) is 10.2 Å². The van der Waals surface area contributed by atoms with E-state index < -0.39 is 10.2 Å².